The van der Waals surface area contributed by atoms with Crippen LogP contribution in [0.1, 0.15) is 19.8 Å². The van der Waals surface area contributed by atoms with Crippen molar-refractivity contribution < 1.29 is 9.09 Å². The summed E-state index contributed by atoms with van der Waals surface area (Å²) in [6.07, 6.45) is 4.06. The summed E-state index contributed by atoms with van der Waals surface area (Å²) in [6, 6.07) is 0. The molecule has 0 bridgehead atoms. The van der Waals surface area contributed by atoms with Gasteiger partial charge in [0.05, 0.1) is 0 Å². The first-order chi connectivity index (χ1) is 4.81. The fraction of sp³-hybridized carbons (Fsp3) is 0.714. The van der Waals surface area contributed by atoms with Gasteiger partial charge in [-0.15, -0.1) is 11.1 Å². The third-order valence-electron chi connectivity index (χ3n) is 0.955. The van der Waals surface area contributed by atoms with Crippen LogP contribution in [-0.2, 0) is 9.09 Å². The monoisotopic (exact) mass is 161 g/mol. The molecule has 0 spiro atoms. The van der Waals surface area contributed by atoms with Crippen LogP contribution in [0, 0.1) is 0 Å². The summed E-state index contributed by atoms with van der Waals surface area (Å²) in [7, 11) is -1.41. The van der Waals surface area contributed by atoms with Crippen molar-refractivity contribution in [3.63, 3.8) is 0 Å². The Morgan fingerprint density at radius 2 is 2.40 bits per heavy atom. The molecule has 0 aromatic heterocycles. The van der Waals surface area contributed by atoms with Gasteiger partial charge < -0.3 is 0 Å². The van der Waals surface area contributed by atoms with Crippen LogP contribution >= 0.6 is 8.03 Å². The summed E-state index contributed by atoms with van der Waals surface area (Å²) in [4.78, 5) is 0. The molecule has 0 amide bonds. The average molecular weight is 161 g/mol. The van der Waals surface area contributed by atoms with Gasteiger partial charge in [0.2, 0.25) is 0 Å². The number of rotatable bonds is 6. The highest BCUT2D eigenvalue weighted by molar-refractivity contribution is 7.39. The van der Waals surface area contributed by atoms with E-state index in [9.17, 15) is 4.57 Å². The zero-order valence-corrected chi connectivity index (χ0v) is 7.27. The maximum atomic E-state index is 10.8. The molecule has 10 heavy (non-hydrogen) atoms. The first-order valence-corrected chi connectivity index (χ1v) is 4.86. The van der Waals surface area contributed by atoms with Gasteiger partial charge in [-0.25, -0.2) is 0 Å². The highest BCUT2D eigenvalue weighted by Crippen LogP contribution is 2.22. The Hall–Kier alpha value is -0.200. The lowest BCUT2D eigenvalue weighted by atomic mass is 10.5. The van der Waals surface area contributed by atoms with Crippen LogP contribution in [0.3, 0.4) is 0 Å². The Labute approximate surface area is 63.1 Å². The highest BCUT2D eigenvalue weighted by Gasteiger charge is 2.13. The van der Waals surface area contributed by atoms with Crippen LogP contribution < -0.4 is 0 Å². The number of hydrogen-bond acceptors (Lipinski definition) is 2. The van der Waals surface area contributed by atoms with E-state index in [1.165, 1.54) is 0 Å². The van der Waals surface area contributed by atoms with Crippen LogP contribution in [0.5, 0.6) is 0 Å². The van der Waals surface area contributed by atoms with Crippen LogP contribution in [-0.4, -0.2) is 12.8 Å². The summed E-state index contributed by atoms with van der Waals surface area (Å²) >= 11 is 0. The second kappa shape index (κ2) is 6.91. The molecule has 58 valence electrons. The van der Waals surface area contributed by atoms with E-state index in [1.807, 2.05) is 6.92 Å². The second-order valence-corrected chi connectivity index (χ2v) is 3.34. The van der Waals surface area contributed by atoms with E-state index in [4.69, 9.17) is 4.52 Å². The summed E-state index contributed by atoms with van der Waals surface area (Å²) in [5, 5.41) is 0. The maximum Gasteiger partial charge on any atom is 0.508 e. The van der Waals surface area contributed by atoms with Crippen molar-refractivity contribution in [2.75, 3.05) is 12.8 Å². The molecule has 0 radical (unpaired) electrons. The summed E-state index contributed by atoms with van der Waals surface area (Å²) < 4.78 is 15.8. The Morgan fingerprint density at radius 3 is 2.90 bits per heavy atom. The Kier molecular flexibility index (Phi) is 6.78. The molecule has 0 heterocycles. The predicted molar refractivity (Wildman–Crippen MR) is 43.5 cm³/mol. The third kappa shape index (κ3) is 5.93. The molecule has 0 N–H and O–H groups in total. The smallest absolute Gasteiger partial charge is 0.146 e. The molecule has 0 rings (SSSR count). The van der Waals surface area contributed by atoms with Crippen molar-refractivity contribution in [2.24, 2.45) is 0 Å². The van der Waals surface area contributed by atoms with Crippen molar-refractivity contribution in [3.8, 4) is 0 Å². The molecule has 0 fully saturated rings. The zero-order valence-electron chi connectivity index (χ0n) is 6.38. The van der Waals surface area contributed by atoms with Gasteiger partial charge in [0, 0.05) is 6.42 Å². The molecule has 0 aromatic rings. The van der Waals surface area contributed by atoms with Crippen molar-refractivity contribution in [1.29, 1.82) is 0 Å². The fourth-order valence-electron chi connectivity index (χ4n) is 0.454. The van der Waals surface area contributed by atoms with Crippen LogP contribution in [0.25, 0.3) is 0 Å². The number of hydrogen-bond donors (Lipinski definition) is 0. The normalized spacial score (nSPS) is 11.1. The first kappa shape index (κ1) is 9.80. The van der Waals surface area contributed by atoms with E-state index < -0.39 is 8.03 Å². The molecule has 0 saturated heterocycles. The third-order valence-corrected chi connectivity index (χ3v) is 2.05. The van der Waals surface area contributed by atoms with Gasteiger partial charge in [0.15, 0.2) is 6.16 Å². The van der Waals surface area contributed by atoms with Gasteiger partial charge in [0.25, 0.3) is 0 Å². The molecule has 1 atom stereocenters. The van der Waals surface area contributed by atoms with Gasteiger partial charge in [-0.3, -0.25) is 0 Å². The van der Waals surface area contributed by atoms with Crippen LogP contribution in [0.15, 0.2) is 12.7 Å². The standard InChI is InChI=1S/C7H14O2P/c1-3-5-7-10(8)9-6-4-2/h3H,1,4-7H2,2H3/q+1. The van der Waals surface area contributed by atoms with E-state index in [-0.39, 0.29) is 0 Å². The van der Waals surface area contributed by atoms with Crippen LogP contribution in [0.4, 0.5) is 0 Å². The highest BCUT2D eigenvalue weighted by atomic mass is 31.1. The lowest BCUT2D eigenvalue weighted by Crippen LogP contribution is -1.84. The summed E-state index contributed by atoms with van der Waals surface area (Å²) in [5.74, 6) is 0. The number of allylic oxidation sites excluding steroid dienone is 1. The van der Waals surface area contributed by atoms with Crippen molar-refractivity contribution in [3.05, 3.63) is 12.7 Å². The predicted octanol–water partition coefficient (Wildman–Crippen LogP) is 2.73. The quantitative estimate of drug-likeness (QED) is 0.442. The Bertz CT molecular complexity index is 112. The molecule has 1 unspecified atom stereocenters. The molecule has 2 nitrogen and oxygen atoms in total. The Morgan fingerprint density at radius 1 is 1.70 bits per heavy atom. The second-order valence-electron chi connectivity index (χ2n) is 1.97. The largest absolute Gasteiger partial charge is 0.508 e. The minimum atomic E-state index is -1.41. The zero-order chi connectivity index (χ0) is 7.82. The molecule has 0 aliphatic rings. The molecule has 3 heteroatoms. The molecule has 0 aromatic carbocycles. The summed E-state index contributed by atoms with van der Waals surface area (Å²) in [6.45, 7) is 6.13. The molecule has 0 saturated carbocycles. The lowest BCUT2D eigenvalue weighted by molar-refractivity contribution is 0.329. The fourth-order valence-corrected chi connectivity index (χ4v) is 1.36. The minimum absolute atomic E-state index is 0.604. The SMILES string of the molecule is C=CCC[P+](=O)OCCC. The molecule has 0 aliphatic heterocycles. The van der Waals surface area contributed by atoms with Crippen molar-refractivity contribution in [2.45, 2.75) is 19.8 Å². The average Bonchev–Trinajstić information content (AvgIpc) is 1.97. The van der Waals surface area contributed by atoms with Gasteiger partial charge in [-0.1, -0.05) is 13.0 Å². The van der Waals surface area contributed by atoms with E-state index in [2.05, 4.69) is 6.58 Å². The minimum Gasteiger partial charge on any atom is -0.146 e. The molecular formula is C7H14O2P+. The van der Waals surface area contributed by atoms with Crippen molar-refractivity contribution in [1.82, 2.24) is 0 Å². The van der Waals surface area contributed by atoms with Crippen LogP contribution in [0.2, 0.25) is 0 Å². The van der Waals surface area contributed by atoms with Crippen molar-refractivity contribution >= 4 is 8.03 Å². The van der Waals surface area contributed by atoms with E-state index in [1.54, 1.807) is 6.08 Å². The first-order valence-electron chi connectivity index (χ1n) is 3.49. The van der Waals surface area contributed by atoms with Gasteiger partial charge in [-0.2, -0.15) is 0 Å². The molecular weight excluding hydrogens is 147 g/mol. The Balaban J connectivity index is 3.16. The maximum absolute atomic E-state index is 10.8. The van der Waals surface area contributed by atoms with Gasteiger partial charge >= 0.3 is 8.03 Å². The lowest BCUT2D eigenvalue weighted by Gasteiger charge is -1.84. The van der Waals surface area contributed by atoms with Gasteiger partial charge in [0.1, 0.15) is 6.61 Å². The molecule has 0 aliphatic carbocycles. The summed E-state index contributed by atoms with van der Waals surface area (Å²) in [5.41, 5.74) is 0. The van der Waals surface area contributed by atoms with E-state index in [0.717, 1.165) is 12.8 Å². The van der Waals surface area contributed by atoms with E-state index >= 15 is 0 Å². The van der Waals surface area contributed by atoms with Gasteiger partial charge in [-0.05, 0) is 11.0 Å². The topological polar surface area (TPSA) is 26.3 Å². The van der Waals surface area contributed by atoms with E-state index in [0.29, 0.717) is 12.8 Å².